The van der Waals surface area contributed by atoms with E-state index in [1.54, 1.807) is 0 Å². The molecule has 1 saturated heterocycles. The molecule has 2 unspecified atom stereocenters. The van der Waals surface area contributed by atoms with Gasteiger partial charge in [-0.1, -0.05) is 27.7 Å². The number of rotatable bonds is 4. The van der Waals surface area contributed by atoms with E-state index in [4.69, 9.17) is 5.73 Å². The number of hydrogen-bond acceptors (Lipinski definition) is 3. The fourth-order valence-electron chi connectivity index (χ4n) is 2.56. The van der Waals surface area contributed by atoms with Crippen molar-refractivity contribution < 1.29 is 9.59 Å². The fourth-order valence-corrected chi connectivity index (χ4v) is 2.56. The molecular formula is C14H28ClN3O2. The van der Waals surface area contributed by atoms with Gasteiger partial charge >= 0.3 is 0 Å². The van der Waals surface area contributed by atoms with E-state index in [-0.39, 0.29) is 36.7 Å². The Balaban J connectivity index is 0.00000361. The number of halogens is 1. The Morgan fingerprint density at radius 2 is 1.75 bits per heavy atom. The zero-order chi connectivity index (χ0) is 14.6. The molecule has 0 bridgehead atoms. The number of nitrogens with zero attached hydrogens (tertiary/aromatic N) is 1. The monoisotopic (exact) mass is 305 g/mol. The minimum atomic E-state index is -0.549. The van der Waals surface area contributed by atoms with Crippen molar-refractivity contribution >= 4 is 24.2 Å². The van der Waals surface area contributed by atoms with E-state index < -0.39 is 6.04 Å². The zero-order valence-electron chi connectivity index (χ0n) is 12.9. The third kappa shape index (κ3) is 5.67. The third-order valence-electron chi connectivity index (χ3n) is 3.66. The van der Waals surface area contributed by atoms with Crippen LogP contribution in [0.1, 0.15) is 34.1 Å². The first-order chi connectivity index (χ1) is 8.81. The fraction of sp³-hybridized carbons (Fsp3) is 0.857. The summed E-state index contributed by atoms with van der Waals surface area (Å²) in [5.41, 5.74) is 5.73. The highest BCUT2D eigenvalue weighted by Gasteiger charge is 2.26. The maximum absolute atomic E-state index is 12.1. The van der Waals surface area contributed by atoms with Gasteiger partial charge in [0.15, 0.2) is 0 Å². The SMILES string of the molecule is CC1CC(C)CN(C(=O)CNC(=O)[C@@H](N)C(C)C)C1.Cl. The van der Waals surface area contributed by atoms with Gasteiger partial charge in [0, 0.05) is 13.1 Å². The van der Waals surface area contributed by atoms with Crippen LogP contribution in [0.25, 0.3) is 0 Å². The molecule has 0 radical (unpaired) electrons. The van der Waals surface area contributed by atoms with Gasteiger partial charge in [-0.3, -0.25) is 9.59 Å². The molecule has 1 heterocycles. The summed E-state index contributed by atoms with van der Waals surface area (Å²) in [5, 5.41) is 2.64. The molecule has 0 spiro atoms. The van der Waals surface area contributed by atoms with Crippen molar-refractivity contribution in [1.82, 2.24) is 10.2 Å². The first-order valence-electron chi connectivity index (χ1n) is 7.12. The molecule has 1 aliphatic heterocycles. The molecule has 6 heteroatoms. The minimum absolute atomic E-state index is 0. The van der Waals surface area contributed by atoms with Crippen molar-refractivity contribution in [3.8, 4) is 0 Å². The Hall–Kier alpha value is -0.810. The summed E-state index contributed by atoms with van der Waals surface area (Å²) < 4.78 is 0. The summed E-state index contributed by atoms with van der Waals surface area (Å²) in [6.07, 6.45) is 1.16. The van der Waals surface area contributed by atoms with Crippen molar-refractivity contribution in [2.45, 2.75) is 40.2 Å². The normalized spacial score (nSPS) is 24.0. The van der Waals surface area contributed by atoms with Gasteiger partial charge in [-0.15, -0.1) is 12.4 Å². The summed E-state index contributed by atoms with van der Waals surface area (Å²) in [7, 11) is 0. The largest absolute Gasteiger partial charge is 0.346 e. The van der Waals surface area contributed by atoms with Crippen LogP contribution in [-0.2, 0) is 9.59 Å². The number of piperidine rings is 1. The van der Waals surface area contributed by atoms with Gasteiger partial charge in [-0.25, -0.2) is 0 Å². The number of nitrogens with two attached hydrogens (primary N) is 1. The van der Waals surface area contributed by atoms with Crippen LogP contribution in [0.15, 0.2) is 0 Å². The van der Waals surface area contributed by atoms with Gasteiger partial charge in [0.2, 0.25) is 11.8 Å². The number of nitrogens with one attached hydrogen (secondary N) is 1. The first-order valence-corrected chi connectivity index (χ1v) is 7.12. The molecule has 0 aromatic rings. The summed E-state index contributed by atoms with van der Waals surface area (Å²) in [6, 6.07) is -0.549. The smallest absolute Gasteiger partial charge is 0.241 e. The molecule has 5 nitrogen and oxygen atoms in total. The van der Waals surface area contributed by atoms with Gasteiger partial charge < -0.3 is 16.0 Å². The molecule has 0 aliphatic carbocycles. The summed E-state index contributed by atoms with van der Waals surface area (Å²) >= 11 is 0. The van der Waals surface area contributed by atoms with Crippen molar-refractivity contribution in [2.24, 2.45) is 23.5 Å². The van der Waals surface area contributed by atoms with Crippen LogP contribution < -0.4 is 11.1 Å². The average Bonchev–Trinajstić information content (AvgIpc) is 2.33. The van der Waals surface area contributed by atoms with Crippen LogP contribution in [-0.4, -0.2) is 42.4 Å². The van der Waals surface area contributed by atoms with Crippen LogP contribution in [0.2, 0.25) is 0 Å². The number of carbonyl (C=O) groups excluding carboxylic acids is 2. The number of likely N-dealkylation sites (tertiary alicyclic amines) is 1. The second-order valence-corrected chi connectivity index (χ2v) is 6.23. The van der Waals surface area contributed by atoms with Gasteiger partial charge in [-0.2, -0.15) is 0 Å². The highest BCUT2D eigenvalue weighted by molar-refractivity contribution is 5.87. The second kappa shape index (κ2) is 8.47. The molecule has 118 valence electrons. The molecular weight excluding hydrogens is 278 g/mol. The van der Waals surface area contributed by atoms with Gasteiger partial charge in [0.05, 0.1) is 12.6 Å². The van der Waals surface area contributed by atoms with Crippen LogP contribution in [0.5, 0.6) is 0 Å². The molecule has 1 aliphatic rings. The third-order valence-corrected chi connectivity index (χ3v) is 3.66. The second-order valence-electron chi connectivity index (χ2n) is 6.23. The Kier molecular flexibility index (Phi) is 8.13. The molecule has 0 aromatic carbocycles. The maximum atomic E-state index is 12.1. The van der Waals surface area contributed by atoms with Gasteiger partial charge in [-0.05, 0) is 24.2 Å². The molecule has 2 amide bonds. The molecule has 1 rings (SSSR count). The molecule has 20 heavy (non-hydrogen) atoms. The first kappa shape index (κ1) is 19.2. The summed E-state index contributed by atoms with van der Waals surface area (Å²) in [4.78, 5) is 25.6. The average molecular weight is 306 g/mol. The standard InChI is InChI=1S/C14H27N3O2.ClH/c1-9(2)13(15)14(19)16-6-12(18)17-7-10(3)5-11(4)8-17;/h9-11,13H,5-8,15H2,1-4H3,(H,16,19);1H/t10?,11?,13-;/m0./s1. The summed E-state index contributed by atoms with van der Waals surface area (Å²) in [6.45, 7) is 9.72. The van der Waals surface area contributed by atoms with Crippen LogP contribution in [0, 0.1) is 17.8 Å². The molecule has 3 N–H and O–H groups in total. The molecule has 0 saturated carbocycles. The Morgan fingerprint density at radius 1 is 1.25 bits per heavy atom. The maximum Gasteiger partial charge on any atom is 0.241 e. The lowest BCUT2D eigenvalue weighted by Crippen LogP contribution is -2.50. The van der Waals surface area contributed by atoms with E-state index in [0.717, 1.165) is 19.5 Å². The number of hydrogen-bond donors (Lipinski definition) is 2. The zero-order valence-corrected chi connectivity index (χ0v) is 13.7. The minimum Gasteiger partial charge on any atom is -0.346 e. The Labute approximate surface area is 128 Å². The number of amides is 2. The van der Waals surface area contributed by atoms with E-state index in [9.17, 15) is 9.59 Å². The Morgan fingerprint density at radius 3 is 2.20 bits per heavy atom. The van der Waals surface area contributed by atoms with Crippen molar-refractivity contribution in [3.63, 3.8) is 0 Å². The molecule has 0 aromatic heterocycles. The molecule has 1 fully saturated rings. The topological polar surface area (TPSA) is 75.4 Å². The molecule has 3 atom stereocenters. The predicted molar refractivity (Wildman–Crippen MR) is 82.6 cm³/mol. The van der Waals surface area contributed by atoms with E-state index in [1.165, 1.54) is 0 Å². The van der Waals surface area contributed by atoms with E-state index in [0.29, 0.717) is 11.8 Å². The summed E-state index contributed by atoms with van der Waals surface area (Å²) in [5.74, 6) is 0.872. The number of carbonyl (C=O) groups is 2. The van der Waals surface area contributed by atoms with Crippen molar-refractivity contribution in [1.29, 1.82) is 0 Å². The van der Waals surface area contributed by atoms with E-state index >= 15 is 0 Å². The van der Waals surface area contributed by atoms with Gasteiger partial charge in [0.25, 0.3) is 0 Å². The predicted octanol–water partition coefficient (Wildman–Crippen LogP) is 1.01. The van der Waals surface area contributed by atoms with E-state index in [1.807, 2.05) is 18.7 Å². The quantitative estimate of drug-likeness (QED) is 0.814. The van der Waals surface area contributed by atoms with Crippen molar-refractivity contribution in [2.75, 3.05) is 19.6 Å². The van der Waals surface area contributed by atoms with Gasteiger partial charge in [0.1, 0.15) is 0 Å². The lowest BCUT2D eigenvalue weighted by atomic mass is 9.92. The highest BCUT2D eigenvalue weighted by atomic mass is 35.5. The lowest BCUT2D eigenvalue weighted by molar-refractivity contribution is -0.135. The van der Waals surface area contributed by atoms with Crippen molar-refractivity contribution in [3.05, 3.63) is 0 Å². The lowest BCUT2D eigenvalue weighted by Gasteiger charge is -2.35. The Bertz CT molecular complexity index is 326. The van der Waals surface area contributed by atoms with Crippen LogP contribution >= 0.6 is 12.4 Å². The highest BCUT2D eigenvalue weighted by Crippen LogP contribution is 2.20. The van der Waals surface area contributed by atoms with E-state index in [2.05, 4.69) is 19.2 Å². The van der Waals surface area contributed by atoms with Crippen LogP contribution in [0.4, 0.5) is 0 Å². The van der Waals surface area contributed by atoms with Crippen LogP contribution in [0.3, 0.4) is 0 Å².